The molecule has 0 N–H and O–H groups in total. The van der Waals surface area contributed by atoms with E-state index in [1.165, 1.54) is 19.2 Å². The van der Waals surface area contributed by atoms with E-state index in [2.05, 4.69) is 0 Å². The minimum absolute atomic E-state index is 0.0331. The number of carbonyl (C=O) groups excluding carboxylic acids is 4. The lowest BCUT2D eigenvalue weighted by Gasteiger charge is -2.35. The van der Waals surface area contributed by atoms with Crippen molar-refractivity contribution < 1.29 is 23.9 Å². The number of hydrogen-bond donors (Lipinski definition) is 0. The lowest BCUT2D eigenvalue weighted by molar-refractivity contribution is -0.140. The highest BCUT2D eigenvalue weighted by molar-refractivity contribution is 6.23. The van der Waals surface area contributed by atoms with Crippen molar-refractivity contribution in [3.05, 3.63) is 65.7 Å². The maximum atomic E-state index is 13.6. The van der Waals surface area contributed by atoms with Crippen LogP contribution in [-0.2, 0) is 25.5 Å². The smallest absolute Gasteiger partial charge is 0.337 e. The molecule has 1 aliphatic carbocycles. The van der Waals surface area contributed by atoms with Crippen LogP contribution in [0.5, 0.6) is 0 Å². The topological polar surface area (TPSA) is 84.0 Å². The maximum Gasteiger partial charge on any atom is 0.337 e. The third-order valence-electron chi connectivity index (χ3n) is 6.71. The molecule has 1 atom stereocenters. The van der Waals surface area contributed by atoms with Crippen LogP contribution in [0.2, 0.25) is 0 Å². The Morgan fingerprint density at radius 3 is 2.21 bits per heavy atom. The van der Waals surface area contributed by atoms with Crippen molar-refractivity contribution in [2.45, 2.75) is 63.5 Å². The Kier molecular flexibility index (Phi) is 7.40. The zero-order valence-corrected chi connectivity index (χ0v) is 19.4. The molecule has 1 saturated carbocycles. The van der Waals surface area contributed by atoms with Crippen molar-refractivity contribution in [1.29, 1.82) is 0 Å². The van der Waals surface area contributed by atoms with E-state index in [-0.39, 0.29) is 36.6 Å². The Morgan fingerprint density at radius 1 is 0.941 bits per heavy atom. The molecule has 1 saturated heterocycles. The molecule has 1 unspecified atom stereocenters. The average Bonchev–Trinajstić information content (AvgIpc) is 3.00. The van der Waals surface area contributed by atoms with E-state index in [1.807, 2.05) is 30.3 Å². The number of nitrogens with zero attached hydrogens (tertiary/aromatic N) is 2. The van der Waals surface area contributed by atoms with E-state index < -0.39 is 12.0 Å². The largest absolute Gasteiger partial charge is 0.465 e. The molecular weight excluding hydrogens is 432 g/mol. The van der Waals surface area contributed by atoms with Gasteiger partial charge in [-0.05, 0) is 42.7 Å². The Hall–Kier alpha value is -3.48. The first kappa shape index (κ1) is 23.7. The number of benzene rings is 2. The summed E-state index contributed by atoms with van der Waals surface area (Å²) in [7, 11) is 1.29. The summed E-state index contributed by atoms with van der Waals surface area (Å²) in [5, 5.41) is 0. The van der Waals surface area contributed by atoms with E-state index in [0.717, 1.165) is 49.0 Å². The first-order valence-corrected chi connectivity index (χ1v) is 11.9. The number of hydrogen-bond acceptors (Lipinski definition) is 5. The summed E-state index contributed by atoms with van der Waals surface area (Å²) in [6.45, 7) is 0. The van der Waals surface area contributed by atoms with Crippen LogP contribution in [0.1, 0.15) is 60.9 Å². The van der Waals surface area contributed by atoms with E-state index >= 15 is 0 Å². The van der Waals surface area contributed by atoms with Crippen LogP contribution >= 0.6 is 0 Å². The van der Waals surface area contributed by atoms with Gasteiger partial charge >= 0.3 is 5.97 Å². The van der Waals surface area contributed by atoms with Crippen LogP contribution in [0, 0.1) is 0 Å². The second-order valence-corrected chi connectivity index (χ2v) is 8.93. The number of anilines is 1. The van der Waals surface area contributed by atoms with Gasteiger partial charge in [0.2, 0.25) is 11.8 Å². The monoisotopic (exact) mass is 462 g/mol. The van der Waals surface area contributed by atoms with E-state index in [4.69, 9.17) is 4.74 Å². The molecule has 0 radical (unpaired) electrons. The molecule has 3 amide bonds. The van der Waals surface area contributed by atoms with Gasteiger partial charge in [-0.3, -0.25) is 14.4 Å². The van der Waals surface area contributed by atoms with Crippen LogP contribution in [0.15, 0.2) is 54.6 Å². The van der Waals surface area contributed by atoms with Crippen molar-refractivity contribution in [2.24, 2.45) is 0 Å². The second kappa shape index (κ2) is 10.6. The number of methoxy groups -OCH3 is 1. The summed E-state index contributed by atoms with van der Waals surface area (Å²) < 4.78 is 4.71. The molecular formula is C27H30N2O5. The van der Waals surface area contributed by atoms with Crippen LogP contribution in [0.4, 0.5) is 5.69 Å². The van der Waals surface area contributed by atoms with Crippen molar-refractivity contribution >= 4 is 29.4 Å². The molecule has 2 fully saturated rings. The Morgan fingerprint density at radius 2 is 1.59 bits per heavy atom. The SMILES string of the molecule is COC(=O)c1ccc(N2C(=O)CC(N(C(=O)Cc3ccccc3)C3CCCCCC3)C2=O)cc1. The molecule has 0 spiro atoms. The number of esters is 1. The molecule has 7 nitrogen and oxygen atoms in total. The van der Waals surface area contributed by atoms with Gasteiger partial charge in [0.1, 0.15) is 6.04 Å². The van der Waals surface area contributed by atoms with Crippen molar-refractivity contribution in [3.63, 3.8) is 0 Å². The zero-order chi connectivity index (χ0) is 24.1. The number of carbonyl (C=O) groups is 4. The van der Waals surface area contributed by atoms with Crippen LogP contribution in [0.25, 0.3) is 0 Å². The Bertz CT molecular complexity index is 1040. The summed E-state index contributed by atoms with van der Waals surface area (Å²) in [6, 6.07) is 14.8. The van der Waals surface area contributed by atoms with Gasteiger partial charge in [0.25, 0.3) is 5.91 Å². The quantitative estimate of drug-likeness (QED) is 0.369. The van der Waals surface area contributed by atoms with Crippen LogP contribution in [0.3, 0.4) is 0 Å². The van der Waals surface area contributed by atoms with E-state index in [1.54, 1.807) is 17.0 Å². The first-order valence-electron chi connectivity index (χ1n) is 11.9. The van der Waals surface area contributed by atoms with Gasteiger partial charge in [0, 0.05) is 6.04 Å². The number of ether oxygens (including phenoxy) is 1. The molecule has 1 heterocycles. The van der Waals surface area contributed by atoms with Gasteiger partial charge in [-0.25, -0.2) is 9.69 Å². The third-order valence-corrected chi connectivity index (χ3v) is 6.71. The highest BCUT2D eigenvalue weighted by atomic mass is 16.5. The third kappa shape index (κ3) is 5.03. The number of imide groups is 1. The Labute approximate surface area is 199 Å². The molecule has 7 heteroatoms. The van der Waals surface area contributed by atoms with E-state index in [0.29, 0.717) is 11.3 Å². The van der Waals surface area contributed by atoms with Gasteiger partial charge < -0.3 is 9.64 Å². The van der Waals surface area contributed by atoms with Gasteiger partial charge in [-0.15, -0.1) is 0 Å². The van der Waals surface area contributed by atoms with Crippen molar-refractivity contribution in [3.8, 4) is 0 Å². The Balaban J connectivity index is 1.60. The highest BCUT2D eigenvalue weighted by Crippen LogP contribution is 2.31. The van der Waals surface area contributed by atoms with Gasteiger partial charge in [0.05, 0.1) is 31.2 Å². The van der Waals surface area contributed by atoms with Crippen molar-refractivity contribution in [1.82, 2.24) is 4.90 Å². The molecule has 178 valence electrons. The van der Waals surface area contributed by atoms with Gasteiger partial charge in [0.15, 0.2) is 0 Å². The average molecular weight is 463 g/mol. The normalized spacial score (nSPS) is 19.1. The fourth-order valence-electron chi connectivity index (χ4n) is 5.00. The second-order valence-electron chi connectivity index (χ2n) is 8.93. The first-order chi connectivity index (χ1) is 16.5. The summed E-state index contributed by atoms with van der Waals surface area (Å²) in [4.78, 5) is 54.7. The summed E-state index contributed by atoms with van der Waals surface area (Å²) >= 11 is 0. The van der Waals surface area contributed by atoms with Crippen LogP contribution in [-0.4, -0.2) is 47.8 Å². The number of amides is 3. The van der Waals surface area contributed by atoms with Gasteiger partial charge in [-0.1, -0.05) is 56.0 Å². The lowest BCUT2D eigenvalue weighted by Crippen LogP contribution is -2.51. The summed E-state index contributed by atoms with van der Waals surface area (Å²) in [5.74, 6) is -1.34. The molecule has 1 aliphatic heterocycles. The minimum Gasteiger partial charge on any atom is -0.465 e. The van der Waals surface area contributed by atoms with Crippen LogP contribution < -0.4 is 4.90 Å². The maximum absolute atomic E-state index is 13.6. The molecule has 2 aromatic rings. The molecule has 34 heavy (non-hydrogen) atoms. The molecule has 2 aromatic carbocycles. The van der Waals surface area contributed by atoms with E-state index in [9.17, 15) is 19.2 Å². The minimum atomic E-state index is -0.813. The lowest BCUT2D eigenvalue weighted by atomic mass is 10.0. The fraction of sp³-hybridized carbons (Fsp3) is 0.407. The predicted molar refractivity (Wildman–Crippen MR) is 127 cm³/mol. The van der Waals surface area contributed by atoms with Gasteiger partial charge in [-0.2, -0.15) is 0 Å². The summed E-state index contributed by atoms with van der Waals surface area (Å²) in [5.41, 5.74) is 1.61. The standard InChI is InChI=1S/C27H30N2O5/c1-34-27(33)20-13-15-22(16-14-20)29-25(31)18-23(26(29)32)28(21-11-7-2-3-8-12-21)24(30)17-19-9-5-4-6-10-19/h4-6,9-10,13-16,21,23H,2-3,7-8,11-12,17-18H2,1H3. The predicted octanol–water partition coefficient (Wildman–Crippen LogP) is 3.90. The van der Waals surface area contributed by atoms with Crippen molar-refractivity contribution in [2.75, 3.05) is 12.0 Å². The molecule has 0 aromatic heterocycles. The highest BCUT2D eigenvalue weighted by Gasteiger charge is 2.46. The molecule has 0 bridgehead atoms. The zero-order valence-electron chi connectivity index (χ0n) is 19.4. The number of rotatable bonds is 6. The summed E-state index contributed by atoms with van der Waals surface area (Å²) in [6.07, 6.45) is 6.10. The fourth-order valence-corrected chi connectivity index (χ4v) is 5.00. The molecule has 2 aliphatic rings. The molecule has 4 rings (SSSR count).